The molecular formula is C9H8I2N4O. The minimum absolute atomic E-state index is 0.567. The van der Waals surface area contributed by atoms with E-state index in [9.17, 15) is 4.79 Å². The fourth-order valence-electron chi connectivity index (χ4n) is 1.47. The monoisotopic (exact) mass is 442 g/mol. The van der Waals surface area contributed by atoms with E-state index in [-0.39, 0.29) is 0 Å². The summed E-state index contributed by atoms with van der Waals surface area (Å²) in [6.07, 6.45) is 2.51. The molecule has 0 atom stereocenters. The van der Waals surface area contributed by atoms with Crippen LogP contribution in [-0.2, 0) is 7.05 Å². The number of carbonyl (C=O) groups is 1. The van der Waals surface area contributed by atoms with Gasteiger partial charge in [0.05, 0.1) is 5.56 Å². The first-order chi connectivity index (χ1) is 7.54. The Hall–Kier alpha value is -0.450. The minimum Gasteiger partial charge on any atom is -0.298 e. The Morgan fingerprint density at radius 1 is 1.44 bits per heavy atom. The highest BCUT2D eigenvalue weighted by atomic mass is 127. The van der Waals surface area contributed by atoms with Gasteiger partial charge in [0.1, 0.15) is 13.2 Å². The maximum absolute atomic E-state index is 11.0. The second-order valence-electron chi connectivity index (χ2n) is 3.28. The smallest absolute Gasteiger partial charge is 0.171 e. The molecule has 7 heteroatoms. The van der Waals surface area contributed by atoms with Crippen LogP contribution < -0.4 is 0 Å². The van der Waals surface area contributed by atoms with Gasteiger partial charge in [0, 0.05) is 13.2 Å². The van der Waals surface area contributed by atoms with Crippen molar-refractivity contribution in [3.63, 3.8) is 0 Å². The van der Waals surface area contributed by atoms with Crippen molar-refractivity contribution in [1.29, 1.82) is 0 Å². The van der Waals surface area contributed by atoms with E-state index in [1.807, 2.05) is 11.5 Å². The summed E-state index contributed by atoms with van der Waals surface area (Å²) in [6, 6.07) is 0. The normalized spacial score (nSPS) is 10.8. The lowest BCUT2D eigenvalue weighted by Crippen LogP contribution is -2.03. The first-order valence-corrected chi connectivity index (χ1v) is 6.60. The molecule has 0 spiro atoms. The molecule has 2 aromatic rings. The van der Waals surface area contributed by atoms with Crippen molar-refractivity contribution in [2.24, 2.45) is 7.05 Å². The third kappa shape index (κ3) is 1.90. The number of aryl methyl sites for hydroxylation is 2. The Kier molecular flexibility index (Phi) is 3.33. The van der Waals surface area contributed by atoms with E-state index in [1.165, 1.54) is 0 Å². The summed E-state index contributed by atoms with van der Waals surface area (Å²) in [5.74, 6) is 1.46. The number of carbonyl (C=O) groups excluding carboxylic acids is 1. The zero-order valence-corrected chi connectivity index (χ0v) is 12.9. The second-order valence-corrected chi connectivity index (χ2v) is 5.32. The summed E-state index contributed by atoms with van der Waals surface area (Å²) in [4.78, 5) is 15.3. The molecule has 0 aliphatic rings. The molecule has 0 aliphatic heterocycles. The molecule has 0 N–H and O–H groups in total. The van der Waals surface area contributed by atoms with Gasteiger partial charge in [0.25, 0.3) is 0 Å². The van der Waals surface area contributed by atoms with Gasteiger partial charge in [-0.15, -0.1) is 0 Å². The van der Waals surface area contributed by atoms with Crippen molar-refractivity contribution in [1.82, 2.24) is 19.3 Å². The van der Waals surface area contributed by atoms with Crippen molar-refractivity contribution in [2.75, 3.05) is 0 Å². The van der Waals surface area contributed by atoms with Gasteiger partial charge in [-0.25, -0.2) is 4.98 Å². The van der Waals surface area contributed by atoms with Crippen LogP contribution >= 0.6 is 45.2 Å². The van der Waals surface area contributed by atoms with Gasteiger partial charge >= 0.3 is 0 Å². The molecule has 16 heavy (non-hydrogen) atoms. The summed E-state index contributed by atoms with van der Waals surface area (Å²) in [6.45, 7) is 1.90. The molecule has 2 aromatic heterocycles. The first kappa shape index (κ1) is 12.0. The summed E-state index contributed by atoms with van der Waals surface area (Å²) in [5, 5.41) is 4.29. The van der Waals surface area contributed by atoms with E-state index in [1.54, 1.807) is 17.9 Å². The lowest BCUT2D eigenvalue weighted by atomic mass is 10.3. The van der Waals surface area contributed by atoms with Crippen molar-refractivity contribution < 1.29 is 4.79 Å². The third-order valence-corrected chi connectivity index (χ3v) is 4.90. The van der Waals surface area contributed by atoms with Crippen LogP contribution in [0.2, 0.25) is 0 Å². The average molecular weight is 442 g/mol. The van der Waals surface area contributed by atoms with E-state index in [4.69, 9.17) is 0 Å². The summed E-state index contributed by atoms with van der Waals surface area (Å²) < 4.78 is 5.39. The van der Waals surface area contributed by atoms with E-state index in [2.05, 4.69) is 55.3 Å². The SMILES string of the molecule is Cc1nc(I)c(I)n1-c1nn(C)cc1C=O. The van der Waals surface area contributed by atoms with Crippen molar-refractivity contribution in [3.05, 3.63) is 25.0 Å². The first-order valence-electron chi connectivity index (χ1n) is 4.44. The number of imidazole rings is 1. The maximum Gasteiger partial charge on any atom is 0.171 e. The second kappa shape index (κ2) is 4.43. The van der Waals surface area contributed by atoms with Crippen LogP contribution in [0.4, 0.5) is 0 Å². The van der Waals surface area contributed by atoms with Gasteiger partial charge in [-0.1, -0.05) is 0 Å². The highest BCUT2D eigenvalue weighted by molar-refractivity contribution is 14.1. The van der Waals surface area contributed by atoms with Gasteiger partial charge in [-0.3, -0.25) is 14.0 Å². The average Bonchev–Trinajstić information content (AvgIpc) is 2.69. The molecule has 0 unspecified atom stereocenters. The molecule has 0 radical (unpaired) electrons. The van der Waals surface area contributed by atoms with Crippen LogP contribution in [0.25, 0.3) is 5.82 Å². The lowest BCUT2D eigenvalue weighted by Gasteiger charge is -2.02. The van der Waals surface area contributed by atoms with E-state index in [0.29, 0.717) is 11.4 Å². The fourth-order valence-corrected chi connectivity index (χ4v) is 2.76. The Labute approximate surface area is 120 Å². The molecule has 0 amide bonds. The van der Waals surface area contributed by atoms with Crippen LogP contribution in [0.15, 0.2) is 6.20 Å². The molecule has 2 rings (SSSR count). The number of hydrogen-bond acceptors (Lipinski definition) is 3. The zero-order chi connectivity index (χ0) is 11.9. The molecule has 84 valence electrons. The lowest BCUT2D eigenvalue weighted by molar-refractivity contribution is 0.112. The van der Waals surface area contributed by atoms with Crippen LogP contribution in [0.3, 0.4) is 0 Å². The molecule has 0 aromatic carbocycles. The van der Waals surface area contributed by atoms with E-state index in [0.717, 1.165) is 19.5 Å². The number of halogens is 2. The van der Waals surface area contributed by atoms with E-state index >= 15 is 0 Å². The van der Waals surface area contributed by atoms with Crippen molar-refractivity contribution in [2.45, 2.75) is 6.92 Å². The summed E-state index contributed by atoms with van der Waals surface area (Å²) in [7, 11) is 1.79. The molecular weight excluding hydrogens is 434 g/mol. The molecule has 0 aliphatic carbocycles. The van der Waals surface area contributed by atoms with Crippen molar-refractivity contribution >= 4 is 51.5 Å². The van der Waals surface area contributed by atoms with Gasteiger partial charge in [-0.05, 0) is 52.1 Å². The largest absolute Gasteiger partial charge is 0.298 e. The Morgan fingerprint density at radius 2 is 2.12 bits per heavy atom. The Bertz CT molecular complexity index is 558. The van der Waals surface area contributed by atoms with E-state index < -0.39 is 0 Å². The number of rotatable bonds is 2. The molecule has 2 heterocycles. The fraction of sp³-hybridized carbons (Fsp3) is 0.222. The van der Waals surface area contributed by atoms with Crippen LogP contribution in [0.1, 0.15) is 16.2 Å². The molecule has 0 saturated heterocycles. The quantitative estimate of drug-likeness (QED) is 0.528. The Balaban J connectivity index is 2.71. The number of nitrogens with zero attached hydrogens (tertiary/aromatic N) is 4. The molecule has 5 nitrogen and oxygen atoms in total. The highest BCUT2D eigenvalue weighted by Crippen LogP contribution is 2.22. The standard InChI is InChI=1S/C9H8I2N4O/c1-5-12-7(10)8(11)15(5)9-6(4-16)3-14(2)13-9/h3-4H,1-2H3. The van der Waals surface area contributed by atoms with Gasteiger partial charge in [0.2, 0.25) is 0 Å². The summed E-state index contributed by atoms with van der Waals surface area (Å²) >= 11 is 4.37. The molecule has 0 bridgehead atoms. The topological polar surface area (TPSA) is 52.7 Å². The van der Waals surface area contributed by atoms with Crippen LogP contribution in [-0.4, -0.2) is 25.6 Å². The van der Waals surface area contributed by atoms with Gasteiger partial charge in [0.15, 0.2) is 12.1 Å². The number of aldehydes is 1. The number of aromatic nitrogens is 4. The summed E-state index contributed by atoms with van der Waals surface area (Å²) in [5.41, 5.74) is 0.567. The predicted molar refractivity (Wildman–Crippen MR) is 75.9 cm³/mol. The van der Waals surface area contributed by atoms with Crippen LogP contribution in [0.5, 0.6) is 0 Å². The van der Waals surface area contributed by atoms with Gasteiger partial charge < -0.3 is 0 Å². The van der Waals surface area contributed by atoms with Gasteiger partial charge in [-0.2, -0.15) is 5.10 Å². The highest BCUT2D eigenvalue weighted by Gasteiger charge is 2.17. The molecule has 0 fully saturated rings. The third-order valence-electron chi connectivity index (χ3n) is 2.13. The predicted octanol–water partition coefficient (Wildman–Crippen LogP) is 1.94. The maximum atomic E-state index is 11.0. The zero-order valence-electron chi connectivity index (χ0n) is 8.61. The Morgan fingerprint density at radius 3 is 2.62 bits per heavy atom. The van der Waals surface area contributed by atoms with Crippen LogP contribution in [0, 0.1) is 14.3 Å². The molecule has 0 saturated carbocycles. The minimum atomic E-state index is 0.567. The number of hydrogen-bond donors (Lipinski definition) is 0. The van der Waals surface area contributed by atoms with Crippen molar-refractivity contribution in [3.8, 4) is 5.82 Å².